The quantitative estimate of drug-likeness (QED) is 0.521. The Morgan fingerprint density at radius 2 is 1.82 bits per heavy atom. The van der Waals surface area contributed by atoms with Crippen LogP contribution in [0.2, 0.25) is 0 Å². The molecular formula is C11H14. The van der Waals surface area contributed by atoms with Gasteiger partial charge in [-0.3, -0.25) is 0 Å². The van der Waals surface area contributed by atoms with Gasteiger partial charge in [0.05, 0.1) is 0 Å². The molecule has 0 aliphatic heterocycles. The van der Waals surface area contributed by atoms with Crippen LogP contribution in [0.3, 0.4) is 0 Å². The first kappa shape index (κ1) is 8.06. The van der Waals surface area contributed by atoms with E-state index in [1.54, 1.807) is 0 Å². The van der Waals surface area contributed by atoms with Crippen LogP contribution in [0.5, 0.6) is 0 Å². The van der Waals surface area contributed by atoms with Gasteiger partial charge in [-0.2, -0.15) is 0 Å². The minimum atomic E-state index is 1.33. The van der Waals surface area contributed by atoms with Gasteiger partial charge in [-0.05, 0) is 36.8 Å². The van der Waals surface area contributed by atoms with Gasteiger partial charge in [0.2, 0.25) is 0 Å². The van der Waals surface area contributed by atoms with Crippen molar-refractivity contribution in [2.75, 3.05) is 0 Å². The highest BCUT2D eigenvalue weighted by molar-refractivity contribution is 5.33. The molecule has 0 spiro atoms. The van der Waals surface area contributed by atoms with Gasteiger partial charge in [0, 0.05) is 0 Å². The number of hydrogen-bond donors (Lipinski definition) is 0. The molecule has 0 nitrogen and oxygen atoms in total. The largest absolute Gasteiger partial charge is 0.0798 e. The molecule has 0 N–H and O–H groups in total. The molecule has 0 aromatic heterocycles. The summed E-state index contributed by atoms with van der Waals surface area (Å²) in [6.45, 7) is 6.29. The van der Waals surface area contributed by atoms with E-state index < -0.39 is 0 Å². The Labute approximate surface area is 67.9 Å². The van der Waals surface area contributed by atoms with E-state index in [-0.39, 0.29) is 0 Å². The average molecular weight is 146 g/mol. The number of benzene rings is 1. The summed E-state index contributed by atoms with van der Waals surface area (Å²) in [6, 6.07) is 6.38. The van der Waals surface area contributed by atoms with E-state index in [0.717, 1.165) is 0 Å². The maximum atomic E-state index is 2.16. The zero-order valence-corrected chi connectivity index (χ0v) is 7.39. The first-order valence-electron chi connectivity index (χ1n) is 3.98. The van der Waals surface area contributed by atoms with E-state index in [1.165, 1.54) is 16.0 Å². The summed E-state index contributed by atoms with van der Waals surface area (Å²) in [5.74, 6) is 0. The Morgan fingerprint density at radius 1 is 1.09 bits per heavy atom. The van der Waals surface area contributed by atoms with Crippen LogP contribution in [-0.2, 0) is 0 Å². The van der Waals surface area contributed by atoms with Gasteiger partial charge in [-0.1, -0.05) is 30.4 Å². The molecule has 0 unspecified atom stereocenters. The number of aryl methyl sites for hydroxylation is 1. The second-order valence-corrected chi connectivity index (χ2v) is 2.66. The van der Waals surface area contributed by atoms with Crippen molar-refractivity contribution in [2.45, 2.75) is 20.8 Å². The summed E-state index contributed by atoms with van der Waals surface area (Å²) in [4.78, 5) is 0. The topological polar surface area (TPSA) is 0 Å². The molecule has 0 radical (unpaired) electrons. The summed E-state index contributed by atoms with van der Waals surface area (Å²) in [5.41, 5.74) is 1.35. The van der Waals surface area contributed by atoms with Gasteiger partial charge in [0.25, 0.3) is 0 Å². The van der Waals surface area contributed by atoms with E-state index in [4.69, 9.17) is 0 Å². The molecule has 1 aromatic rings. The highest BCUT2D eigenvalue weighted by Gasteiger charge is 1.86. The molecule has 0 bridgehead atoms. The van der Waals surface area contributed by atoms with Crippen LogP contribution in [0.15, 0.2) is 18.2 Å². The molecule has 1 rings (SSSR count). The molecule has 0 fully saturated rings. The standard InChI is InChI=1S/C11H14/c1-4-10-8-6-7-9(3)11(10)5-2/h4-8H,1-3H3. The maximum absolute atomic E-state index is 2.16. The Bertz CT molecular complexity index is 345. The molecule has 0 heteroatoms. The van der Waals surface area contributed by atoms with Crippen molar-refractivity contribution in [2.24, 2.45) is 0 Å². The predicted molar refractivity (Wildman–Crippen MR) is 50.7 cm³/mol. The van der Waals surface area contributed by atoms with Crippen molar-refractivity contribution in [1.82, 2.24) is 0 Å². The molecule has 0 saturated heterocycles. The first-order valence-corrected chi connectivity index (χ1v) is 3.98. The lowest BCUT2D eigenvalue weighted by Crippen LogP contribution is -2.25. The van der Waals surface area contributed by atoms with Crippen LogP contribution < -0.4 is 10.4 Å². The lowest BCUT2D eigenvalue weighted by atomic mass is 10.1. The Kier molecular flexibility index (Phi) is 2.48. The lowest BCUT2D eigenvalue weighted by molar-refractivity contribution is 1.36. The molecule has 0 aliphatic carbocycles. The fourth-order valence-electron chi connectivity index (χ4n) is 1.35. The van der Waals surface area contributed by atoms with Crippen LogP contribution in [0.1, 0.15) is 19.4 Å². The summed E-state index contributed by atoms with van der Waals surface area (Å²) in [7, 11) is 0. The van der Waals surface area contributed by atoms with Crippen molar-refractivity contribution >= 4 is 12.2 Å². The summed E-state index contributed by atoms with van der Waals surface area (Å²) in [6.07, 6.45) is 4.30. The van der Waals surface area contributed by atoms with E-state index in [0.29, 0.717) is 0 Å². The third-order valence-corrected chi connectivity index (χ3v) is 1.96. The zero-order valence-electron chi connectivity index (χ0n) is 7.39. The van der Waals surface area contributed by atoms with Crippen molar-refractivity contribution in [3.8, 4) is 0 Å². The maximum Gasteiger partial charge on any atom is -0.0201 e. The second-order valence-electron chi connectivity index (χ2n) is 2.66. The zero-order chi connectivity index (χ0) is 8.27. The number of rotatable bonds is 0. The van der Waals surface area contributed by atoms with E-state index in [9.17, 15) is 0 Å². The van der Waals surface area contributed by atoms with Crippen LogP contribution in [-0.4, -0.2) is 0 Å². The minimum Gasteiger partial charge on any atom is -0.0798 e. The van der Waals surface area contributed by atoms with Crippen molar-refractivity contribution in [1.29, 1.82) is 0 Å². The SMILES string of the molecule is CC=c1cccc(C)c1=CC. The van der Waals surface area contributed by atoms with Crippen LogP contribution in [0, 0.1) is 6.92 Å². The summed E-state index contributed by atoms with van der Waals surface area (Å²) >= 11 is 0. The highest BCUT2D eigenvalue weighted by Crippen LogP contribution is 1.83. The molecular weight excluding hydrogens is 132 g/mol. The van der Waals surface area contributed by atoms with Gasteiger partial charge in [-0.25, -0.2) is 0 Å². The van der Waals surface area contributed by atoms with Crippen LogP contribution in [0.4, 0.5) is 0 Å². The molecule has 0 heterocycles. The average Bonchev–Trinajstić information content (AvgIpc) is 2.04. The Balaban J connectivity index is 3.65. The molecule has 11 heavy (non-hydrogen) atoms. The fraction of sp³-hybridized carbons (Fsp3) is 0.273. The fourth-order valence-corrected chi connectivity index (χ4v) is 1.35. The second kappa shape index (κ2) is 3.38. The van der Waals surface area contributed by atoms with Crippen LogP contribution in [0.25, 0.3) is 12.2 Å². The Hall–Kier alpha value is -1.04. The third-order valence-electron chi connectivity index (χ3n) is 1.96. The summed E-state index contributed by atoms with van der Waals surface area (Å²) < 4.78 is 0. The molecule has 0 aliphatic rings. The molecule has 58 valence electrons. The van der Waals surface area contributed by atoms with Crippen molar-refractivity contribution in [3.05, 3.63) is 34.2 Å². The van der Waals surface area contributed by atoms with Gasteiger partial charge in [0.1, 0.15) is 0 Å². The van der Waals surface area contributed by atoms with Crippen molar-refractivity contribution < 1.29 is 0 Å². The highest BCUT2D eigenvalue weighted by atomic mass is 13.9. The smallest absolute Gasteiger partial charge is 0.0201 e. The number of hydrogen-bond acceptors (Lipinski definition) is 0. The monoisotopic (exact) mass is 146 g/mol. The van der Waals surface area contributed by atoms with Crippen LogP contribution >= 0.6 is 0 Å². The minimum absolute atomic E-state index is 1.33. The van der Waals surface area contributed by atoms with E-state index >= 15 is 0 Å². The third kappa shape index (κ3) is 1.51. The lowest BCUT2D eigenvalue weighted by Gasteiger charge is -1.93. The van der Waals surface area contributed by atoms with Crippen molar-refractivity contribution in [3.63, 3.8) is 0 Å². The van der Waals surface area contributed by atoms with Gasteiger partial charge in [0.15, 0.2) is 0 Å². The normalized spacial score (nSPS) is 14.1. The van der Waals surface area contributed by atoms with Gasteiger partial charge < -0.3 is 0 Å². The van der Waals surface area contributed by atoms with E-state index in [1.807, 2.05) is 0 Å². The van der Waals surface area contributed by atoms with Gasteiger partial charge in [-0.15, -0.1) is 0 Å². The van der Waals surface area contributed by atoms with E-state index in [2.05, 4.69) is 51.1 Å². The molecule has 0 atom stereocenters. The molecule has 0 saturated carbocycles. The predicted octanol–water partition coefficient (Wildman–Crippen LogP) is 1.60. The molecule has 1 aromatic carbocycles. The summed E-state index contributed by atoms with van der Waals surface area (Å²) in [5, 5.41) is 2.68. The Morgan fingerprint density at radius 3 is 2.27 bits per heavy atom. The first-order chi connectivity index (χ1) is 5.29. The van der Waals surface area contributed by atoms with Gasteiger partial charge >= 0.3 is 0 Å². The molecule has 0 amide bonds.